The molecule has 2 saturated heterocycles. The summed E-state index contributed by atoms with van der Waals surface area (Å²) in [7, 11) is 0. The van der Waals surface area contributed by atoms with Gasteiger partial charge in [-0.15, -0.1) is 0 Å². The van der Waals surface area contributed by atoms with E-state index in [-0.39, 0.29) is 4.75 Å². The molecule has 1 atom stereocenters. The van der Waals surface area contributed by atoms with Gasteiger partial charge in [0.1, 0.15) is 0 Å². The maximum absolute atomic E-state index is 5.55. The second kappa shape index (κ2) is 9.42. The lowest BCUT2D eigenvalue weighted by Gasteiger charge is -2.38. The van der Waals surface area contributed by atoms with Gasteiger partial charge in [0.15, 0.2) is 5.96 Å². The Balaban J connectivity index is 2.04. The molecule has 0 aromatic rings. The Kier molecular flexibility index (Phi) is 7.89. The second-order valence-electron chi connectivity index (χ2n) is 6.77. The average molecular weight is 360 g/mol. The van der Waals surface area contributed by atoms with Crippen molar-refractivity contribution in [2.75, 3.05) is 51.4 Å². The Morgan fingerprint density at radius 1 is 1.43 bits per heavy atom. The molecule has 2 fully saturated rings. The van der Waals surface area contributed by atoms with Crippen LogP contribution in [0.2, 0.25) is 0 Å². The van der Waals surface area contributed by atoms with Crippen molar-refractivity contribution >= 4 is 29.5 Å². The van der Waals surface area contributed by atoms with Gasteiger partial charge in [0.25, 0.3) is 0 Å². The van der Waals surface area contributed by atoms with Crippen molar-refractivity contribution in [1.82, 2.24) is 10.2 Å². The van der Waals surface area contributed by atoms with E-state index in [1.165, 1.54) is 5.75 Å². The molecule has 0 bridgehead atoms. The molecular formula is C17H33N3OS2. The van der Waals surface area contributed by atoms with Gasteiger partial charge < -0.3 is 15.0 Å². The Bertz CT molecular complexity index is 384. The average Bonchev–Trinajstić information content (AvgIpc) is 2.59. The number of ether oxygens (including phenoxy) is 1. The standard InChI is InChI=1S/C17H33N3OS2/c1-5-18-16(20-8-11-23-15(12-20)14(2)3)19-13-17(22-4)6-9-21-10-7-17/h14-15H,5-13H2,1-4H3,(H,18,19). The molecule has 6 heteroatoms. The zero-order valence-electron chi connectivity index (χ0n) is 15.1. The van der Waals surface area contributed by atoms with E-state index in [1.807, 2.05) is 11.8 Å². The van der Waals surface area contributed by atoms with Gasteiger partial charge >= 0.3 is 0 Å². The summed E-state index contributed by atoms with van der Waals surface area (Å²) in [6.45, 7) is 12.6. The summed E-state index contributed by atoms with van der Waals surface area (Å²) >= 11 is 4.08. The minimum atomic E-state index is 0.265. The Hall–Kier alpha value is -0.0700. The first kappa shape index (κ1) is 19.3. The topological polar surface area (TPSA) is 36.9 Å². The molecular weight excluding hydrogens is 326 g/mol. The fourth-order valence-corrected chi connectivity index (χ4v) is 5.15. The van der Waals surface area contributed by atoms with Crippen LogP contribution in [0, 0.1) is 5.92 Å². The largest absolute Gasteiger partial charge is 0.381 e. The third-order valence-electron chi connectivity index (χ3n) is 4.83. The van der Waals surface area contributed by atoms with Gasteiger partial charge in [0.2, 0.25) is 0 Å². The van der Waals surface area contributed by atoms with Crippen LogP contribution in [0.15, 0.2) is 4.99 Å². The highest BCUT2D eigenvalue weighted by atomic mass is 32.2. The van der Waals surface area contributed by atoms with Crippen molar-refractivity contribution < 1.29 is 4.74 Å². The summed E-state index contributed by atoms with van der Waals surface area (Å²) in [6.07, 6.45) is 4.45. The molecule has 2 aliphatic rings. The lowest BCUT2D eigenvalue weighted by Crippen LogP contribution is -2.49. The normalized spacial score (nSPS) is 25.7. The van der Waals surface area contributed by atoms with Gasteiger partial charge in [-0.2, -0.15) is 23.5 Å². The highest BCUT2D eigenvalue weighted by Crippen LogP contribution is 2.34. The third-order valence-corrected chi connectivity index (χ3v) is 7.77. The summed E-state index contributed by atoms with van der Waals surface area (Å²) in [4.78, 5) is 7.51. The number of hydrogen-bond donors (Lipinski definition) is 1. The minimum absolute atomic E-state index is 0.265. The second-order valence-corrected chi connectivity index (χ2v) is 9.39. The summed E-state index contributed by atoms with van der Waals surface area (Å²) < 4.78 is 5.81. The Morgan fingerprint density at radius 3 is 2.78 bits per heavy atom. The van der Waals surface area contributed by atoms with Crippen LogP contribution in [0.1, 0.15) is 33.6 Å². The summed E-state index contributed by atoms with van der Waals surface area (Å²) in [5.41, 5.74) is 0. The molecule has 0 aliphatic carbocycles. The fraction of sp³-hybridized carbons (Fsp3) is 0.941. The first-order valence-corrected chi connectivity index (χ1v) is 11.2. The van der Waals surface area contributed by atoms with E-state index in [9.17, 15) is 0 Å². The number of nitrogens with zero attached hydrogens (tertiary/aromatic N) is 2. The first-order chi connectivity index (χ1) is 11.1. The van der Waals surface area contributed by atoms with Gasteiger partial charge in [0, 0.05) is 48.6 Å². The fourth-order valence-electron chi connectivity index (χ4n) is 3.09. The van der Waals surface area contributed by atoms with Crippen LogP contribution >= 0.6 is 23.5 Å². The van der Waals surface area contributed by atoms with Gasteiger partial charge in [0.05, 0.1) is 6.54 Å². The Morgan fingerprint density at radius 2 is 2.17 bits per heavy atom. The Labute approximate surface area is 150 Å². The minimum Gasteiger partial charge on any atom is -0.381 e. The van der Waals surface area contributed by atoms with Crippen LogP contribution in [0.5, 0.6) is 0 Å². The number of aliphatic imine (C=N–C) groups is 1. The van der Waals surface area contributed by atoms with E-state index >= 15 is 0 Å². The molecule has 2 rings (SSSR count). The zero-order chi connectivity index (χ0) is 16.7. The predicted octanol–water partition coefficient (Wildman–Crippen LogP) is 2.94. The molecule has 0 radical (unpaired) electrons. The molecule has 0 spiro atoms. The van der Waals surface area contributed by atoms with E-state index in [1.54, 1.807) is 0 Å². The highest BCUT2D eigenvalue weighted by molar-refractivity contribution is 8.00. The number of nitrogens with one attached hydrogen (secondary N) is 1. The molecule has 4 nitrogen and oxygen atoms in total. The molecule has 0 aromatic heterocycles. The zero-order valence-corrected chi connectivity index (χ0v) is 16.8. The monoisotopic (exact) mass is 359 g/mol. The quantitative estimate of drug-likeness (QED) is 0.603. The van der Waals surface area contributed by atoms with E-state index in [2.05, 4.69) is 49.0 Å². The smallest absolute Gasteiger partial charge is 0.194 e. The van der Waals surface area contributed by atoms with Crippen molar-refractivity contribution in [3.8, 4) is 0 Å². The van der Waals surface area contributed by atoms with Crippen molar-refractivity contribution in [2.45, 2.75) is 43.6 Å². The van der Waals surface area contributed by atoms with Gasteiger partial charge in [-0.3, -0.25) is 4.99 Å². The van der Waals surface area contributed by atoms with Crippen LogP contribution in [-0.4, -0.2) is 72.3 Å². The van der Waals surface area contributed by atoms with Gasteiger partial charge in [-0.1, -0.05) is 13.8 Å². The summed E-state index contributed by atoms with van der Waals surface area (Å²) in [6, 6.07) is 0. The summed E-state index contributed by atoms with van der Waals surface area (Å²) in [5, 5.41) is 4.23. The molecule has 2 aliphatic heterocycles. The van der Waals surface area contributed by atoms with Crippen LogP contribution in [-0.2, 0) is 4.74 Å². The van der Waals surface area contributed by atoms with Crippen molar-refractivity contribution in [3.05, 3.63) is 0 Å². The predicted molar refractivity (Wildman–Crippen MR) is 105 cm³/mol. The van der Waals surface area contributed by atoms with E-state index in [0.29, 0.717) is 5.25 Å². The molecule has 23 heavy (non-hydrogen) atoms. The van der Waals surface area contributed by atoms with Crippen LogP contribution in [0.25, 0.3) is 0 Å². The maximum atomic E-state index is 5.55. The highest BCUT2D eigenvalue weighted by Gasteiger charge is 2.32. The van der Waals surface area contributed by atoms with Crippen LogP contribution in [0.4, 0.5) is 0 Å². The van der Waals surface area contributed by atoms with Gasteiger partial charge in [-0.25, -0.2) is 0 Å². The molecule has 134 valence electrons. The number of hydrogen-bond acceptors (Lipinski definition) is 4. The van der Waals surface area contributed by atoms with Crippen molar-refractivity contribution in [3.63, 3.8) is 0 Å². The number of thioether (sulfide) groups is 2. The van der Waals surface area contributed by atoms with E-state index in [0.717, 1.165) is 64.1 Å². The third kappa shape index (κ3) is 5.46. The lowest BCUT2D eigenvalue weighted by molar-refractivity contribution is 0.0793. The molecule has 2 heterocycles. The van der Waals surface area contributed by atoms with E-state index in [4.69, 9.17) is 9.73 Å². The molecule has 0 amide bonds. The number of guanidine groups is 1. The van der Waals surface area contributed by atoms with E-state index < -0.39 is 0 Å². The SMILES string of the molecule is CCNC(=NCC1(SC)CCOCC1)N1CCSC(C(C)C)C1. The van der Waals surface area contributed by atoms with Crippen LogP contribution in [0.3, 0.4) is 0 Å². The molecule has 1 unspecified atom stereocenters. The van der Waals surface area contributed by atoms with Crippen LogP contribution < -0.4 is 5.32 Å². The molecule has 0 aromatic carbocycles. The maximum Gasteiger partial charge on any atom is 0.194 e. The van der Waals surface area contributed by atoms with Gasteiger partial charge in [-0.05, 0) is 31.9 Å². The van der Waals surface area contributed by atoms with Crippen molar-refractivity contribution in [1.29, 1.82) is 0 Å². The first-order valence-electron chi connectivity index (χ1n) is 8.88. The summed E-state index contributed by atoms with van der Waals surface area (Å²) in [5.74, 6) is 3.03. The lowest BCUT2D eigenvalue weighted by atomic mass is 9.99. The number of rotatable bonds is 5. The van der Waals surface area contributed by atoms with Crippen molar-refractivity contribution in [2.24, 2.45) is 10.9 Å². The molecule has 0 saturated carbocycles. The molecule has 1 N–H and O–H groups in total.